The SMILES string of the molecule is COC.N/C=C(C=O)\C=C(/N)C1CC1. The first-order chi connectivity index (χ1) is 6.69. The molecule has 0 spiro atoms. The summed E-state index contributed by atoms with van der Waals surface area (Å²) in [5.41, 5.74) is 12.0. The van der Waals surface area contributed by atoms with Gasteiger partial charge < -0.3 is 16.2 Å². The van der Waals surface area contributed by atoms with Crippen molar-refractivity contribution in [3.05, 3.63) is 23.5 Å². The standard InChI is InChI=1S/C8H12N2O.C2H6O/c9-4-6(5-11)3-8(10)7-1-2-7;1-3-2/h3-5,7H,1-2,9-10H2;1-2H3/b6-4+,8-3-;. The lowest BCUT2D eigenvalue weighted by Crippen LogP contribution is -2.00. The van der Waals surface area contributed by atoms with Crippen molar-refractivity contribution in [2.24, 2.45) is 17.4 Å². The van der Waals surface area contributed by atoms with Crippen LogP contribution >= 0.6 is 0 Å². The van der Waals surface area contributed by atoms with Crippen LogP contribution in [-0.2, 0) is 9.53 Å². The summed E-state index contributed by atoms with van der Waals surface area (Å²) in [5.74, 6) is 0.491. The summed E-state index contributed by atoms with van der Waals surface area (Å²) in [7, 11) is 3.25. The normalized spacial score (nSPS) is 17.0. The first-order valence-electron chi connectivity index (χ1n) is 4.43. The van der Waals surface area contributed by atoms with Gasteiger partial charge in [0.05, 0.1) is 0 Å². The minimum atomic E-state index is 0.453. The first-order valence-corrected chi connectivity index (χ1v) is 4.43. The minimum Gasteiger partial charge on any atom is -0.404 e. The lowest BCUT2D eigenvalue weighted by molar-refractivity contribution is -0.104. The number of allylic oxidation sites excluding steroid dienone is 3. The van der Waals surface area contributed by atoms with Crippen LogP contribution in [0.15, 0.2) is 23.5 Å². The fraction of sp³-hybridized carbons (Fsp3) is 0.500. The number of rotatable bonds is 3. The Balaban J connectivity index is 0.000000500. The van der Waals surface area contributed by atoms with Crippen LogP contribution in [0.4, 0.5) is 0 Å². The molecule has 1 aliphatic rings. The van der Waals surface area contributed by atoms with Crippen LogP contribution in [0.2, 0.25) is 0 Å². The molecule has 0 heterocycles. The molecule has 0 radical (unpaired) electrons. The number of hydrogen-bond donors (Lipinski definition) is 2. The number of carbonyl (C=O) groups excluding carboxylic acids is 1. The predicted octanol–water partition coefficient (Wildman–Crippen LogP) is 0.543. The summed E-state index contributed by atoms with van der Waals surface area (Å²) in [6, 6.07) is 0. The molecule has 4 nitrogen and oxygen atoms in total. The van der Waals surface area contributed by atoms with Crippen LogP contribution < -0.4 is 11.5 Å². The van der Waals surface area contributed by atoms with Crippen molar-refractivity contribution in [2.45, 2.75) is 12.8 Å². The minimum absolute atomic E-state index is 0.453. The molecule has 1 rings (SSSR count). The Kier molecular flexibility index (Phi) is 6.49. The molecule has 0 aromatic heterocycles. The van der Waals surface area contributed by atoms with Gasteiger partial charge in [-0.15, -0.1) is 0 Å². The topological polar surface area (TPSA) is 78.3 Å². The highest BCUT2D eigenvalue weighted by atomic mass is 16.4. The highest BCUT2D eigenvalue weighted by molar-refractivity contribution is 5.77. The van der Waals surface area contributed by atoms with Crippen molar-refractivity contribution >= 4 is 6.29 Å². The quantitative estimate of drug-likeness (QED) is 0.394. The summed E-state index contributed by atoms with van der Waals surface area (Å²) in [4.78, 5) is 10.3. The average Bonchev–Trinajstić information content (AvgIpc) is 2.98. The second-order valence-electron chi connectivity index (χ2n) is 3.11. The third-order valence-electron chi connectivity index (χ3n) is 1.71. The molecule has 0 aromatic rings. The molecule has 80 valence electrons. The fourth-order valence-electron chi connectivity index (χ4n) is 0.848. The molecule has 14 heavy (non-hydrogen) atoms. The maximum atomic E-state index is 10.3. The monoisotopic (exact) mass is 198 g/mol. The van der Waals surface area contributed by atoms with Gasteiger partial charge in [0.15, 0.2) is 6.29 Å². The molecule has 0 amide bonds. The van der Waals surface area contributed by atoms with Gasteiger partial charge >= 0.3 is 0 Å². The largest absolute Gasteiger partial charge is 0.404 e. The lowest BCUT2D eigenvalue weighted by Gasteiger charge is -1.95. The van der Waals surface area contributed by atoms with Gasteiger partial charge in [-0.2, -0.15) is 0 Å². The number of ether oxygens (including phenoxy) is 1. The Labute approximate surface area is 84.6 Å². The Morgan fingerprint density at radius 1 is 1.43 bits per heavy atom. The number of carbonyl (C=O) groups is 1. The van der Waals surface area contributed by atoms with Crippen LogP contribution in [0.5, 0.6) is 0 Å². The highest BCUT2D eigenvalue weighted by Gasteiger charge is 2.23. The van der Waals surface area contributed by atoms with E-state index in [1.54, 1.807) is 20.3 Å². The molecule has 1 fully saturated rings. The van der Waals surface area contributed by atoms with Gasteiger partial charge in [0, 0.05) is 31.7 Å². The molecule has 4 N–H and O–H groups in total. The van der Waals surface area contributed by atoms with Gasteiger partial charge in [-0.3, -0.25) is 4.79 Å². The molecule has 1 aliphatic carbocycles. The van der Waals surface area contributed by atoms with Gasteiger partial charge in [-0.1, -0.05) is 0 Å². The second kappa shape index (κ2) is 7.15. The predicted molar refractivity (Wildman–Crippen MR) is 56.3 cm³/mol. The van der Waals surface area contributed by atoms with E-state index in [-0.39, 0.29) is 0 Å². The van der Waals surface area contributed by atoms with Crippen LogP contribution in [0.25, 0.3) is 0 Å². The van der Waals surface area contributed by atoms with Crippen molar-refractivity contribution in [3.63, 3.8) is 0 Å². The van der Waals surface area contributed by atoms with E-state index >= 15 is 0 Å². The number of hydrogen-bond acceptors (Lipinski definition) is 4. The summed E-state index contributed by atoms with van der Waals surface area (Å²) < 4.78 is 4.25. The smallest absolute Gasteiger partial charge is 0.151 e. The third kappa shape index (κ3) is 5.37. The van der Waals surface area contributed by atoms with Gasteiger partial charge in [0.1, 0.15) is 0 Å². The molecule has 0 bridgehead atoms. The van der Waals surface area contributed by atoms with E-state index in [0.717, 1.165) is 18.5 Å². The molecule has 0 atom stereocenters. The average molecular weight is 198 g/mol. The van der Waals surface area contributed by atoms with E-state index < -0.39 is 0 Å². The van der Waals surface area contributed by atoms with Crippen LogP contribution in [0.1, 0.15) is 12.8 Å². The van der Waals surface area contributed by atoms with E-state index in [1.807, 2.05) is 0 Å². The molecular formula is C10H18N2O2. The number of methoxy groups -OCH3 is 1. The Hall–Kier alpha value is -1.29. The Morgan fingerprint density at radius 3 is 2.21 bits per heavy atom. The second-order valence-corrected chi connectivity index (χ2v) is 3.11. The molecule has 4 heteroatoms. The van der Waals surface area contributed by atoms with Gasteiger partial charge in [-0.25, -0.2) is 0 Å². The third-order valence-corrected chi connectivity index (χ3v) is 1.71. The molecule has 1 saturated carbocycles. The Bertz CT molecular complexity index is 230. The van der Waals surface area contributed by atoms with Crippen molar-refractivity contribution in [3.8, 4) is 0 Å². The zero-order valence-corrected chi connectivity index (χ0v) is 8.69. The maximum absolute atomic E-state index is 10.3. The van der Waals surface area contributed by atoms with Crippen LogP contribution in [-0.4, -0.2) is 20.5 Å². The van der Waals surface area contributed by atoms with E-state index in [1.165, 1.54) is 6.20 Å². The van der Waals surface area contributed by atoms with E-state index in [9.17, 15) is 4.79 Å². The van der Waals surface area contributed by atoms with Crippen LogP contribution in [0, 0.1) is 5.92 Å². The maximum Gasteiger partial charge on any atom is 0.151 e. The van der Waals surface area contributed by atoms with E-state index in [0.29, 0.717) is 17.8 Å². The molecule has 0 unspecified atom stereocenters. The Morgan fingerprint density at radius 2 is 1.93 bits per heavy atom. The van der Waals surface area contributed by atoms with Crippen molar-refractivity contribution in [1.29, 1.82) is 0 Å². The van der Waals surface area contributed by atoms with Gasteiger partial charge in [0.2, 0.25) is 0 Å². The summed E-state index contributed by atoms with van der Waals surface area (Å²) in [6.07, 6.45) is 5.89. The van der Waals surface area contributed by atoms with Gasteiger partial charge in [-0.05, 0) is 24.8 Å². The zero-order chi connectivity index (χ0) is 11.0. The molecular weight excluding hydrogens is 180 g/mol. The molecule has 0 saturated heterocycles. The fourth-order valence-corrected chi connectivity index (χ4v) is 0.848. The van der Waals surface area contributed by atoms with Crippen molar-refractivity contribution < 1.29 is 9.53 Å². The summed E-state index contributed by atoms with van der Waals surface area (Å²) >= 11 is 0. The summed E-state index contributed by atoms with van der Waals surface area (Å²) in [5, 5.41) is 0. The van der Waals surface area contributed by atoms with Crippen LogP contribution in [0.3, 0.4) is 0 Å². The lowest BCUT2D eigenvalue weighted by atomic mass is 10.2. The summed E-state index contributed by atoms with van der Waals surface area (Å²) in [6.45, 7) is 0. The van der Waals surface area contributed by atoms with Gasteiger partial charge in [0.25, 0.3) is 0 Å². The zero-order valence-electron chi connectivity index (χ0n) is 8.69. The number of nitrogens with two attached hydrogens (primary N) is 2. The number of aldehydes is 1. The van der Waals surface area contributed by atoms with E-state index in [2.05, 4.69) is 4.74 Å². The molecule has 0 aliphatic heterocycles. The molecule has 0 aromatic carbocycles. The van der Waals surface area contributed by atoms with E-state index in [4.69, 9.17) is 11.5 Å². The van der Waals surface area contributed by atoms with Crippen molar-refractivity contribution in [2.75, 3.05) is 14.2 Å². The highest BCUT2D eigenvalue weighted by Crippen LogP contribution is 2.33. The first kappa shape index (κ1) is 12.7. The van der Waals surface area contributed by atoms with Crippen molar-refractivity contribution in [1.82, 2.24) is 0 Å².